The minimum Gasteiger partial charge on any atom is -0.300 e. The Morgan fingerprint density at radius 3 is 2.88 bits per heavy atom. The molecule has 1 aromatic rings. The van der Waals surface area contributed by atoms with E-state index in [9.17, 15) is 9.18 Å². The van der Waals surface area contributed by atoms with Crippen LogP contribution in [0.4, 0.5) is 4.39 Å². The van der Waals surface area contributed by atoms with Gasteiger partial charge in [-0.05, 0) is 25.0 Å². The first-order valence-corrected chi connectivity index (χ1v) is 6.16. The second-order valence-electron chi connectivity index (χ2n) is 4.72. The molecule has 1 atom stereocenters. The van der Waals surface area contributed by atoms with E-state index in [-0.39, 0.29) is 5.82 Å². The molecule has 1 aliphatic heterocycles. The molecule has 0 aliphatic carbocycles. The molecule has 0 radical (unpaired) electrons. The number of benzene rings is 1. The lowest BCUT2D eigenvalue weighted by Gasteiger charge is -2.32. The van der Waals surface area contributed by atoms with Crippen LogP contribution < -0.4 is 0 Å². The van der Waals surface area contributed by atoms with Crippen LogP contribution in [-0.2, 0) is 11.2 Å². The number of carbonyl (C=O) groups is 1. The van der Waals surface area contributed by atoms with Crippen molar-refractivity contribution in [2.24, 2.45) is 0 Å². The molecular formula is C14H18FNO. The number of halogens is 1. The Hall–Kier alpha value is -1.22. The molecule has 1 aliphatic rings. The summed E-state index contributed by atoms with van der Waals surface area (Å²) in [5.41, 5.74) is 0.761. The molecule has 3 heteroatoms. The van der Waals surface area contributed by atoms with Crippen LogP contribution >= 0.6 is 0 Å². The zero-order valence-corrected chi connectivity index (χ0v) is 10.2. The van der Waals surface area contributed by atoms with E-state index in [2.05, 4.69) is 11.8 Å². The second-order valence-corrected chi connectivity index (χ2v) is 4.72. The Kier molecular flexibility index (Phi) is 3.89. The van der Waals surface area contributed by atoms with E-state index in [0.717, 1.165) is 18.7 Å². The maximum absolute atomic E-state index is 13.4. The van der Waals surface area contributed by atoms with E-state index in [1.807, 2.05) is 12.1 Å². The monoisotopic (exact) mass is 235 g/mol. The zero-order chi connectivity index (χ0) is 12.3. The van der Waals surface area contributed by atoms with Crippen molar-refractivity contribution < 1.29 is 9.18 Å². The van der Waals surface area contributed by atoms with Crippen molar-refractivity contribution >= 4 is 5.78 Å². The Balaban J connectivity index is 1.90. The van der Waals surface area contributed by atoms with Gasteiger partial charge < -0.3 is 0 Å². The van der Waals surface area contributed by atoms with E-state index in [4.69, 9.17) is 0 Å². The van der Waals surface area contributed by atoms with Gasteiger partial charge in [0.05, 0.1) is 0 Å². The van der Waals surface area contributed by atoms with Crippen molar-refractivity contribution in [2.45, 2.75) is 32.2 Å². The largest absolute Gasteiger partial charge is 0.300 e. The normalized spacial score (nSPS) is 21.8. The lowest BCUT2D eigenvalue weighted by Crippen LogP contribution is -2.42. The SMILES string of the molecule is CC1CC(=O)CCN1CCc1ccccc1F. The highest BCUT2D eigenvalue weighted by Gasteiger charge is 2.22. The average molecular weight is 235 g/mol. The molecule has 0 amide bonds. The van der Waals surface area contributed by atoms with Crippen molar-refractivity contribution in [1.29, 1.82) is 0 Å². The van der Waals surface area contributed by atoms with Crippen molar-refractivity contribution in [1.82, 2.24) is 4.90 Å². The van der Waals surface area contributed by atoms with Gasteiger partial charge in [-0.25, -0.2) is 4.39 Å². The second kappa shape index (κ2) is 5.41. The van der Waals surface area contributed by atoms with Crippen molar-refractivity contribution in [2.75, 3.05) is 13.1 Å². The van der Waals surface area contributed by atoms with Gasteiger partial charge in [0.25, 0.3) is 0 Å². The summed E-state index contributed by atoms with van der Waals surface area (Å²) in [6, 6.07) is 7.19. The van der Waals surface area contributed by atoms with E-state index in [1.165, 1.54) is 6.07 Å². The van der Waals surface area contributed by atoms with E-state index >= 15 is 0 Å². The van der Waals surface area contributed by atoms with Crippen LogP contribution in [0.25, 0.3) is 0 Å². The van der Waals surface area contributed by atoms with Gasteiger partial charge in [0.2, 0.25) is 0 Å². The summed E-state index contributed by atoms with van der Waals surface area (Å²) in [4.78, 5) is 13.5. The van der Waals surface area contributed by atoms with Crippen LogP contribution in [0.2, 0.25) is 0 Å². The first kappa shape index (κ1) is 12.2. The lowest BCUT2D eigenvalue weighted by atomic mass is 10.0. The third kappa shape index (κ3) is 3.13. The number of hydrogen-bond acceptors (Lipinski definition) is 2. The molecule has 1 heterocycles. The summed E-state index contributed by atoms with van der Waals surface area (Å²) in [7, 11) is 0. The maximum atomic E-state index is 13.4. The number of nitrogens with zero attached hydrogens (tertiary/aromatic N) is 1. The van der Waals surface area contributed by atoms with Gasteiger partial charge in [0, 0.05) is 32.0 Å². The number of hydrogen-bond donors (Lipinski definition) is 0. The van der Waals surface area contributed by atoms with Gasteiger partial charge in [-0.3, -0.25) is 9.69 Å². The Morgan fingerprint density at radius 2 is 2.18 bits per heavy atom. The molecule has 0 bridgehead atoms. The Bertz CT molecular complexity index is 405. The van der Waals surface area contributed by atoms with Crippen molar-refractivity contribution in [3.05, 3.63) is 35.6 Å². The molecule has 0 N–H and O–H groups in total. The first-order valence-electron chi connectivity index (χ1n) is 6.16. The van der Waals surface area contributed by atoms with Gasteiger partial charge in [-0.1, -0.05) is 18.2 Å². The third-order valence-corrected chi connectivity index (χ3v) is 3.45. The number of rotatable bonds is 3. The number of ketones is 1. The van der Waals surface area contributed by atoms with Gasteiger partial charge in [-0.2, -0.15) is 0 Å². The van der Waals surface area contributed by atoms with Gasteiger partial charge in [0.1, 0.15) is 11.6 Å². The van der Waals surface area contributed by atoms with E-state index < -0.39 is 0 Å². The third-order valence-electron chi connectivity index (χ3n) is 3.45. The molecule has 0 aromatic heterocycles. The molecule has 1 saturated heterocycles. The fourth-order valence-corrected chi connectivity index (χ4v) is 2.35. The highest BCUT2D eigenvalue weighted by Crippen LogP contribution is 2.15. The summed E-state index contributed by atoms with van der Waals surface area (Å²) in [6.07, 6.45) is 1.99. The molecule has 1 aromatic carbocycles. The molecule has 1 fully saturated rings. The maximum Gasteiger partial charge on any atom is 0.135 e. The van der Waals surface area contributed by atoms with Crippen LogP contribution in [0.5, 0.6) is 0 Å². The molecule has 92 valence electrons. The number of Topliss-reactive ketones (excluding diaryl/α,β-unsaturated/α-hetero) is 1. The number of likely N-dealkylation sites (tertiary alicyclic amines) is 1. The minimum atomic E-state index is -0.131. The predicted octanol–water partition coefficient (Wildman–Crippen LogP) is 2.42. The molecule has 2 nitrogen and oxygen atoms in total. The highest BCUT2D eigenvalue weighted by atomic mass is 19.1. The van der Waals surface area contributed by atoms with E-state index in [0.29, 0.717) is 31.1 Å². The average Bonchev–Trinajstić information content (AvgIpc) is 2.30. The number of carbonyl (C=O) groups excluding carboxylic acids is 1. The summed E-state index contributed by atoms with van der Waals surface area (Å²) in [5.74, 6) is 0.216. The lowest BCUT2D eigenvalue weighted by molar-refractivity contribution is -0.122. The van der Waals surface area contributed by atoms with Gasteiger partial charge in [-0.15, -0.1) is 0 Å². The first-order chi connectivity index (χ1) is 8.16. The fraction of sp³-hybridized carbons (Fsp3) is 0.500. The zero-order valence-electron chi connectivity index (χ0n) is 10.2. The molecule has 0 saturated carbocycles. The smallest absolute Gasteiger partial charge is 0.135 e. The van der Waals surface area contributed by atoms with Crippen LogP contribution in [-0.4, -0.2) is 29.8 Å². The predicted molar refractivity (Wildman–Crippen MR) is 65.4 cm³/mol. The van der Waals surface area contributed by atoms with Crippen LogP contribution in [0, 0.1) is 5.82 Å². The summed E-state index contributed by atoms with van der Waals surface area (Å²) in [5, 5.41) is 0. The topological polar surface area (TPSA) is 20.3 Å². The Labute approximate surface area is 101 Å². The molecule has 0 spiro atoms. The van der Waals surface area contributed by atoms with Gasteiger partial charge in [0.15, 0.2) is 0 Å². The quantitative estimate of drug-likeness (QED) is 0.802. The van der Waals surface area contributed by atoms with Crippen LogP contribution in [0.3, 0.4) is 0 Å². The highest BCUT2D eigenvalue weighted by molar-refractivity contribution is 5.79. The standard InChI is InChI=1S/C14H18FNO/c1-11-10-13(17)7-9-16(11)8-6-12-4-2-3-5-14(12)15/h2-5,11H,6-10H2,1H3. The number of piperidine rings is 1. The summed E-state index contributed by atoms with van der Waals surface area (Å²) in [6.45, 7) is 3.71. The molecule has 17 heavy (non-hydrogen) atoms. The summed E-state index contributed by atoms with van der Waals surface area (Å²) < 4.78 is 13.4. The van der Waals surface area contributed by atoms with Crippen molar-refractivity contribution in [3.8, 4) is 0 Å². The molecule has 1 unspecified atom stereocenters. The van der Waals surface area contributed by atoms with Crippen LogP contribution in [0.1, 0.15) is 25.3 Å². The van der Waals surface area contributed by atoms with E-state index in [1.54, 1.807) is 6.07 Å². The van der Waals surface area contributed by atoms with Crippen molar-refractivity contribution in [3.63, 3.8) is 0 Å². The minimum absolute atomic E-state index is 0.131. The molecule has 2 rings (SSSR count). The van der Waals surface area contributed by atoms with Crippen LogP contribution in [0.15, 0.2) is 24.3 Å². The van der Waals surface area contributed by atoms with Gasteiger partial charge >= 0.3 is 0 Å². The summed E-state index contributed by atoms with van der Waals surface area (Å²) >= 11 is 0. The fourth-order valence-electron chi connectivity index (χ4n) is 2.35. The molecular weight excluding hydrogens is 217 g/mol. The Morgan fingerprint density at radius 1 is 1.41 bits per heavy atom.